The summed E-state index contributed by atoms with van der Waals surface area (Å²) < 4.78 is 0. The molecule has 0 aliphatic heterocycles. The van der Waals surface area contributed by atoms with Crippen molar-refractivity contribution in [2.45, 2.75) is 32.4 Å². The van der Waals surface area contributed by atoms with Gasteiger partial charge < -0.3 is 16.3 Å². The van der Waals surface area contributed by atoms with Crippen LogP contribution in [0.1, 0.15) is 20.8 Å². The largest absolute Gasteiger partial charge is 0.345 e. The Labute approximate surface area is 70.5 Å². The highest BCUT2D eigenvalue weighted by Gasteiger charge is 2.26. The van der Waals surface area contributed by atoms with Crippen molar-refractivity contribution in [3.05, 3.63) is 0 Å². The molecule has 0 spiro atoms. The predicted molar refractivity (Wildman–Crippen MR) is 52.0 cm³/mol. The first-order chi connectivity index (χ1) is 4.95. The molecule has 0 saturated carbocycles. The van der Waals surface area contributed by atoms with Crippen LogP contribution in [0.15, 0.2) is 0 Å². The molecule has 4 heteroatoms. The van der Waals surface area contributed by atoms with E-state index in [0.717, 1.165) is 6.54 Å². The SMILES string of the molecule is BN(CC)C(C)C(C)(N)CN. The van der Waals surface area contributed by atoms with Crippen LogP contribution in [0.5, 0.6) is 0 Å². The van der Waals surface area contributed by atoms with Crippen LogP contribution in [0.3, 0.4) is 0 Å². The molecule has 0 aliphatic rings. The van der Waals surface area contributed by atoms with Crippen molar-refractivity contribution in [2.24, 2.45) is 11.5 Å². The normalized spacial score (nSPS) is 19.8. The van der Waals surface area contributed by atoms with Crippen molar-refractivity contribution >= 4 is 7.98 Å². The minimum absolute atomic E-state index is 0.273. The van der Waals surface area contributed by atoms with Crippen molar-refractivity contribution in [2.75, 3.05) is 13.1 Å². The first-order valence-electron chi connectivity index (χ1n) is 4.15. The number of nitrogens with two attached hydrogens (primary N) is 2. The fourth-order valence-electron chi connectivity index (χ4n) is 0.948. The van der Waals surface area contributed by atoms with E-state index in [9.17, 15) is 0 Å². The molecule has 2 atom stereocenters. The summed E-state index contributed by atoms with van der Waals surface area (Å²) in [6, 6.07) is 0.331. The van der Waals surface area contributed by atoms with E-state index in [0.29, 0.717) is 12.6 Å². The average molecular weight is 157 g/mol. The molecule has 0 saturated heterocycles. The number of hydrogen-bond acceptors (Lipinski definition) is 3. The summed E-state index contributed by atoms with van der Waals surface area (Å²) in [4.78, 5) is 2.20. The summed E-state index contributed by atoms with van der Waals surface area (Å²) >= 11 is 0. The fourth-order valence-corrected chi connectivity index (χ4v) is 0.948. The maximum atomic E-state index is 5.97. The quantitative estimate of drug-likeness (QED) is 0.510. The predicted octanol–water partition coefficient (Wildman–Crippen LogP) is -1.08. The van der Waals surface area contributed by atoms with Gasteiger partial charge in [-0.1, -0.05) is 6.92 Å². The standard InChI is InChI=1S/C7H20BN3/c1-4-11(8)6(2)7(3,10)5-9/h6H,4-5,8-10H2,1-3H3. The molecule has 0 amide bonds. The molecule has 4 N–H and O–H groups in total. The summed E-state index contributed by atoms with van der Waals surface area (Å²) in [7, 11) is 2.06. The Morgan fingerprint density at radius 3 is 2.36 bits per heavy atom. The van der Waals surface area contributed by atoms with E-state index >= 15 is 0 Å². The van der Waals surface area contributed by atoms with E-state index in [1.807, 2.05) is 6.92 Å². The summed E-state index contributed by atoms with van der Waals surface area (Å²) in [6.45, 7) is 7.75. The highest BCUT2D eigenvalue weighted by molar-refractivity contribution is 6.04. The molecule has 0 fully saturated rings. The smallest absolute Gasteiger partial charge is 0.185 e. The lowest BCUT2D eigenvalue weighted by Gasteiger charge is -2.36. The van der Waals surface area contributed by atoms with Gasteiger partial charge in [0.05, 0.1) is 0 Å². The van der Waals surface area contributed by atoms with Crippen molar-refractivity contribution in [3.8, 4) is 0 Å². The summed E-state index contributed by atoms with van der Waals surface area (Å²) in [5, 5.41) is 0. The molecule has 0 aromatic carbocycles. The number of likely N-dealkylation sites (N-methyl/N-ethyl adjacent to an activating group) is 1. The lowest BCUT2D eigenvalue weighted by atomic mass is 9.92. The van der Waals surface area contributed by atoms with Gasteiger partial charge in [-0.25, -0.2) is 0 Å². The van der Waals surface area contributed by atoms with Crippen molar-refractivity contribution in [3.63, 3.8) is 0 Å². The van der Waals surface area contributed by atoms with Crippen molar-refractivity contribution in [1.82, 2.24) is 4.81 Å². The minimum atomic E-state index is -0.273. The van der Waals surface area contributed by atoms with Gasteiger partial charge in [-0.05, 0) is 20.4 Å². The van der Waals surface area contributed by atoms with Crippen molar-refractivity contribution < 1.29 is 0 Å². The van der Waals surface area contributed by atoms with Gasteiger partial charge in [0, 0.05) is 18.1 Å². The van der Waals surface area contributed by atoms with Crippen LogP contribution in [0, 0.1) is 0 Å². The first kappa shape index (κ1) is 10.9. The first-order valence-corrected chi connectivity index (χ1v) is 4.15. The summed E-state index contributed by atoms with van der Waals surface area (Å²) in [6.07, 6.45) is 0. The van der Waals surface area contributed by atoms with E-state index < -0.39 is 0 Å². The molecule has 66 valence electrons. The second-order valence-corrected chi connectivity index (χ2v) is 3.46. The van der Waals surface area contributed by atoms with Gasteiger partial charge in [0.15, 0.2) is 7.98 Å². The Bertz CT molecular complexity index is 116. The van der Waals surface area contributed by atoms with Crippen LogP contribution in [0.4, 0.5) is 0 Å². The molecule has 3 nitrogen and oxygen atoms in total. The average Bonchev–Trinajstić information content (AvgIpc) is 2.01. The monoisotopic (exact) mass is 157 g/mol. The molecular formula is C7H20BN3. The highest BCUT2D eigenvalue weighted by Crippen LogP contribution is 2.09. The number of rotatable bonds is 4. The molecule has 0 radical (unpaired) electrons. The third-order valence-electron chi connectivity index (χ3n) is 2.55. The molecule has 0 aromatic heterocycles. The second kappa shape index (κ2) is 4.09. The van der Waals surface area contributed by atoms with E-state index in [4.69, 9.17) is 11.5 Å². The molecule has 0 aliphatic carbocycles. The molecule has 0 rings (SSSR count). The van der Waals surface area contributed by atoms with Crippen LogP contribution in [0.25, 0.3) is 0 Å². The van der Waals surface area contributed by atoms with Gasteiger partial charge in [-0.3, -0.25) is 0 Å². The topological polar surface area (TPSA) is 55.3 Å². The Kier molecular flexibility index (Phi) is 4.07. The van der Waals surface area contributed by atoms with Gasteiger partial charge >= 0.3 is 0 Å². The van der Waals surface area contributed by atoms with Crippen LogP contribution in [0.2, 0.25) is 0 Å². The van der Waals surface area contributed by atoms with Crippen LogP contribution in [-0.2, 0) is 0 Å². The maximum absolute atomic E-state index is 5.97. The van der Waals surface area contributed by atoms with E-state index in [2.05, 4.69) is 26.6 Å². The van der Waals surface area contributed by atoms with Gasteiger partial charge in [-0.15, -0.1) is 0 Å². The Balaban J connectivity index is 4.10. The van der Waals surface area contributed by atoms with Crippen LogP contribution in [-0.4, -0.2) is 37.5 Å². The van der Waals surface area contributed by atoms with E-state index in [-0.39, 0.29) is 5.54 Å². The molecule has 0 aromatic rings. The van der Waals surface area contributed by atoms with Gasteiger partial charge in [0.25, 0.3) is 0 Å². The highest BCUT2D eigenvalue weighted by atomic mass is 15.1. The molecule has 2 unspecified atom stereocenters. The van der Waals surface area contributed by atoms with Gasteiger partial charge in [0.1, 0.15) is 0 Å². The van der Waals surface area contributed by atoms with E-state index in [1.165, 1.54) is 0 Å². The molecule has 0 heterocycles. The Morgan fingerprint density at radius 2 is 2.09 bits per heavy atom. The minimum Gasteiger partial charge on any atom is -0.345 e. The number of nitrogens with zero attached hydrogens (tertiary/aromatic N) is 1. The van der Waals surface area contributed by atoms with Crippen molar-refractivity contribution in [1.29, 1.82) is 0 Å². The summed E-state index contributed by atoms with van der Waals surface area (Å²) in [5.41, 5.74) is 11.2. The van der Waals surface area contributed by atoms with Gasteiger partial charge in [0.2, 0.25) is 0 Å². The molecular weight excluding hydrogens is 137 g/mol. The third kappa shape index (κ3) is 2.81. The van der Waals surface area contributed by atoms with E-state index in [1.54, 1.807) is 0 Å². The fraction of sp³-hybridized carbons (Fsp3) is 1.00. The van der Waals surface area contributed by atoms with Gasteiger partial charge in [-0.2, -0.15) is 0 Å². The Morgan fingerprint density at radius 1 is 1.64 bits per heavy atom. The lowest BCUT2D eigenvalue weighted by Crippen LogP contribution is -2.58. The van der Waals surface area contributed by atoms with Crippen LogP contribution < -0.4 is 11.5 Å². The third-order valence-corrected chi connectivity index (χ3v) is 2.55. The molecule has 11 heavy (non-hydrogen) atoms. The number of hydrogen-bond donors (Lipinski definition) is 2. The molecule has 0 bridgehead atoms. The zero-order valence-electron chi connectivity index (χ0n) is 8.09. The second-order valence-electron chi connectivity index (χ2n) is 3.46. The zero-order valence-corrected chi connectivity index (χ0v) is 8.09. The maximum Gasteiger partial charge on any atom is 0.185 e. The zero-order chi connectivity index (χ0) is 9.07. The summed E-state index contributed by atoms with van der Waals surface area (Å²) in [5.74, 6) is 0. The van der Waals surface area contributed by atoms with Crippen LogP contribution >= 0.6 is 0 Å². The Hall–Kier alpha value is -0.0551. The lowest BCUT2D eigenvalue weighted by molar-refractivity contribution is 0.249.